The zero-order valence-corrected chi connectivity index (χ0v) is 15.3. The summed E-state index contributed by atoms with van der Waals surface area (Å²) in [6.07, 6.45) is 5.48. The smallest absolute Gasteiger partial charge is 0.317 e. The lowest BCUT2D eigenvalue weighted by Crippen LogP contribution is -2.50. The molecule has 0 radical (unpaired) electrons. The number of rotatable bonds is 6. The van der Waals surface area contributed by atoms with E-state index in [1.807, 2.05) is 0 Å². The number of piperidine rings is 1. The zero-order chi connectivity index (χ0) is 18.5. The van der Waals surface area contributed by atoms with E-state index in [2.05, 4.69) is 17.6 Å². The predicted octanol–water partition coefficient (Wildman–Crippen LogP) is 3.37. The van der Waals surface area contributed by atoms with Crippen LogP contribution in [0.4, 0.5) is 9.18 Å². The van der Waals surface area contributed by atoms with Crippen LogP contribution < -0.4 is 10.6 Å². The first kappa shape index (κ1) is 18.7. The SMILES string of the molecule is CCCCNC(=O)N1C[C@@H](C(=O)NC2CC2)CC[C@@H]1c1ccc(F)cc1. The van der Waals surface area contributed by atoms with Crippen molar-refractivity contribution in [3.8, 4) is 0 Å². The van der Waals surface area contributed by atoms with Crippen molar-refractivity contribution in [2.45, 2.75) is 57.5 Å². The van der Waals surface area contributed by atoms with Crippen molar-refractivity contribution < 1.29 is 14.0 Å². The largest absolute Gasteiger partial charge is 0.353 e. The van der Waals surface area contributed by atoms with Crippen LogP contribution in [0, 0.1) is 11.7 Å². The Morgan fingerprint density at radius 3 is 2.54 bits per heavy atom. The Kier molecular flexibility index (Phi) is 6.12. The van der Waals surface area contributed by atoms with E-state index in [0.717, 1.165) is 37.7 Å². The third-order valence-electron chi connectivity index (χ3n) is 5.20. The molecule has 2 atom stereocenters. The van der Waals surface area contributed by atoms with E-state index in [1.54, 1.807) is 17.0 Å². The van der Waals surface area contributed by atoms with Gasteiger partial charge in [-0.25, -0.2) is 9.18 Å². The second kappa shape index (κ2) is 8.52. The molecule has 1 saturated carbocycles. The van der Waals surface area contributed by atoms with Crippen LogP contribution in [0.25, 0.3) is 0 Å². The minimum atomic E-state index is -0.287. The highest BCUT2D eigenvalue weighted by Gasteiger charge is 2.37. The molecule has 0 unspecified atom stereocenters. The third-order valence-corrected chi connectivity index (χ3v) is 5.20. The molecule has 26 heavy (non-hydrogen) atoms. The number of hydrogen-bond donors (Lipinski definition) is 2. The quantitative estimate of drug-likeness (QED) is 0.763. The number of amides is 3. The van der Waals surface area contributed by atoms with Gasteiger partial charge < -0.3 is 15.5 Å². The lowest BCUT2D eigenvalue weighted by Gasteiger charge is -2.39. The van der Waals surface area contributed by atoms with Crippen molar-refractivity contribution >= 4 is 11.9 Å². The molecule has 1 heterocycles. The van der Waals surface area contributed by atoms with Gasteiger partial charge in [0.25, 0.3) is 0 Å². The summed E-state index contributed by atoms with van der Waals surface area (Å²) in [5.41, 5.74) is 0.915. The van der Waals surface area contributed by atoms with Gasteiger partial charge in [-0.2, -0.15) is 0 Å². The summed E-state index contributed by atoms with van der Waals surface area (Å²) in [6.45, 7) is 3.10. The number of carbonyl (C=O) groups excluding carboxylic acids is 2. The first-order valence-electron chi connectivity index (χ1n) is 9.68. The van der Waals surface area contributed by atoms with Crippen LogP contribution in [-0.4, -0.2) is 36.0 Å². The molecule has 1 aliphatic heterocycles. The maximum Gasteiger partial charge on any atom is 0.317 e. The third kappa shape index (κ3) is 4.74. The number of halogens is 1. The number of nitrogens with zero attached hydrogens (tertiary/aromatic N) is 1. The van der Waals surface area contributed by atoms with Crippen LogP contribution in [-0.2, 0) is 4.79 Å². The van der Waals surface area contributed by atoms with Crippen molar-refractivity contribution in [3.05, 3.63) is 35.6 Å². The van der Waals surface area contributed by atoms with E-state index in [0.29, 0.717) is 25.6 Å². The van der Waals surface area contributed by atoms with E-state index >= 15 is 0 Å². The molecular weight excluding hydrogens is 333 g/mol. The molecule has 2 N–H and O–H groups in total. The summed E-state index contributed by atoms with van der Waals surface area (Å²) in [7, 11) is 0. The van der Waals surface area contributed by atoms with Crippen LogP contribution in [0.5, 0.6) is 0 Å². The monoisotopic (exact) mass is 361 g/mol. The summed E-state index contributed by atoms with van der Waals surface area (Å²) in [6, 6.07) is 6.37. The fourth-order valence-electron chi connectivity index (χ4n) is 3.46. The molecule has 0 bridgehead atoms. The van der Waals surface area contributed by atoms with Gasteiger partial charge in [0.2, 0.25) is 5.91 Å². The van der Waals surface area contributed by atoms with Gasteiger partial charge in [0.15, 0.2) is 0 Å². The Morgan fingerprint density at radius 2 is 1.88 bits per heavy atom. The molecule has 3 rings (SSSR count). The van der Waals surface area contributed by atoms with Crippen molar-refractivity contribution in [3.63, 3.8) is 0 Å². The highest BCUT2D eigenvalue weighted by atomic mass is 19.1. The molecule has 1 aromatic carbocycles. The van der Waals surface area contributed by atoms with Crippen LogP contribution in [0.2, 0.25) is 0 Å². The molecule has 0 aromatic heterocycles. The number of benzene rings is 1. The van der Waals surface area contributed by atoms with Crippen LogP contribution in [0.15, 0.2) is 24.3 Å². The Morgan fingerprint density at radius 1 is 1.15 bits per heavy atom. The van der Waals surface area contributed by atoms with Gasteiger partial charge in [-0.15, -0.1) is 0 Å². The van der Waals surface area contributed by atoms with Crippen molar-refractivity contribution in [2.24, 2.45) is 5.92 Å². The standard InChI is InChI=1S/C20H28FN3O2/c1-2-3-12-22-20(26)24-13-15(19(25)23-17-9-10-17)6-11-18(24)14-4-7-16(21)8-5-14/h4-5,7-8,15,17-18H,2-3,6,9-13H2,1H3,(H,22,26)(H,23,25)/t15-,18+/m0/s1. The van der Waals surface area contributed by atoms with Crippen molar-refractivity contribution in [1.29, 1.82) is 0 Å². The number of carbonyl (C=O) groups is 2. The second-order valence-electron chi connectivity index (χ2n) is 7.36. The Balaban J connectivity index is 1.71. The predicted molar refractivity (Wildman–Crippen MR) is 98.0 cm³/mol. The molecule has 142 valence electrons. The topological polar surface area (TPSA) is 61.4 Å². The van der Waals surface area contributed by atoms with Gasteiger partial charge >= 0.3 is 6.03 Å². The summed E-state index contributed by atoms with van der Waals surface area (Å²) < 4.78 is 13.3. The molecule has 1 saturated heterocycles. The van der Waals surface area contributed by atoms with Crippen molar-refractivity contribution in [1.82, 2.24) is 15.5 Å². The summed E-state index contributed by atoms with van der Waals surface area (Å²) in [5.74, 6) is -0.411. The van der Waals surface area contributed by atoms with E-state index in [9.17, 15) is 14.0 Å². The minimum Gasteiger partial charge on any atom is -0.353 e. The fourth-order valence-corrected chi connectivity index (χ4v) is 3.46. The van der Waals surface area contributed by atoms with Gasteiger partial charge in [-0.3, -0.25) is 4.79 Å². The second-order valence-corrected chi connectivity index (χ2v) is 7.36. The highest BCUT2D eigenvalue weighted by molar-refractivity contribution is 5.81. The van der Waals surface area contributed by atoms with E-state index in [4.69, 9.17) is 0 Å². The Labute approximate surface area is 154 Å². The first-order chi connectivity index (χ1) is 12.6. The number of likely N-dealkylation sites (tertiary alicyclic amines) is 1. The Hall–Kier alpha value is -2.11. The molecule has 2 aliphatic rings. The average molecular weight is 361 g/mol. The molecule has 1 aromatic rings. The summed E-state index contributed by atoms with van der Waals surface area (Å²) >= 11 is 0. The van der Waals surface area contributed by atoms with Gasteiger partial charge in [0.1, 0.15) is 5.82 Å². The van der Waals surface area contributed by atoms with E-state index < -0.39 is 0 Å². The minimum absolute atomic E-state index is 0.0522. The molecule has 2 fully saturated rings. The van der Waals surface area contributed by atoms with Gasteiger partial charge in [-0.05, 0) is 49.8 Å². The van der Waals surface area contributed by atoms with Gasteiger partial charge in [-0.1, -0.05) is 25.5 Å². The number of urea groups is 1. The number of nitrogens with one attached hydrogen (secondary N) is 2. The number of hydrogen-bond acceptors (Lipinski definition) is 2. The Bertz CT molecular complexity index is 630. The maximum absolute atomic E-state index is 13.3. The normalized spacial score (nSPS) is 22.8. The lowest BCUT2D eigenvalue weighted by molar-refractivity contribution is -0.126. The molecule has 0 spiro atoms. The highest BCUT2D eigenvalue weighted by Crippen LogP contribution is 2.34. The lowest BCUT2D eigenvalue weighted by atomic mass is 9.88. The molecule has 5 nitrogen and oxygen atoms in total. The summed E-state index contributed by atoms with van der Waals surface area (Å²) in [5, 5.41) is 6.01. The van der Waals surface area contributed by atoms with Gasteiger partial charge in [0, 0.05) is 19.1 Å². The molecule has 6 heteroatoms. The molecule has 1 aliphatic carbocycles. The van der Waals surface area contributed by atoms with E-state index in [-0.39, 0.29) is 29.7 Å². The van der Waals surface area contributed by atoms with Crippen LogP contribution >= 0.6 is 0 Å². The molecular formula is C20H28FN3O2. The van der Waals surface area contributed by atoms with Gasteiger partial charge in [0.05, 0.1) is 12.0 Å². The van der Waals surface area contributed by atoms with E-state index in [1.165, 1.54) is 12.1 Å². The van der Waals surface area contributed by atoms with Crippen LogP contribution in [0.3, 0.4) is 0 Å². The zero-order valence-electron chi connectivity index (χ0n) is 15.3. The first-order valence-corrected chi connectivity index (χ1v) is 9.68. The fraction of sp³-hybridized carbons (Fsp3) is 0.600. The number of unbranched alkanes of at least 4 members (excludes halogenated alkanes) is 1. The maximum atomic E-state index is 13.3. The summed E-state index contributed by atoms with van der Waals surface area (Å²) in [4.78, 5) is 26.9. The molecule has 3 amide bonds. The van der Waals surface area contributed by atoms with Crippen LogP contribution in [0.1, 0.15) is 57.1 Å². The average Bonchev–Trinajstić information content (AvgIpc) is 3.46. The van der Waals surface area contributed by atoms with Crippen molar-refractivity contribution in [2.75, 3.05) is 13.1 Å².